The van der Waals surface area contributed by atoms with Gasteiger partial charge in [0.2, 0.25) is 0 Å². The number of ether oxygens (including phenoxy) is 3. The van der Waals surface area contributed by atoms with Gasteiger partial charge in [0.1, 0.15) is 12.2 Å². The van der Waals surface area contributed by atoms with Crippen LogP contribution < -0.4 is 0 Å². The molecule has 6 heteroatoms. The van der Waals surface area contributed by atoms with Crippen molar-refractivity contribution in [1.29, 1.82) is 0 Å². The van der Waals surface area contributed by atoms with Crippen molar-refractivity contribution in [1.82, 2.24) is 0 Å². The number of carbonyl (C=O) groups is 1. The highest BCUT2D eigenvalue weighted by atomic mass is 16.7. The molecule has 0 saturated carbocycles. The highest BCUT2D eigenvalue weighted by Gasteiger charge is 2.51. The van der Waals surface area contributed by atoms with Gasteiger partial charge in [0.05, 0.1) is 11.5 Å². The molecule has 0 amide bonds. The van der Waals surface area contributed by atoms with E-state index in [1.165, 1.54) is 0 Å². The number of aliphatic hydroxyl groups excluding tert-OH is 2. The molecule has 6 nitrogen and oxygen atoms in total. The van der Waals surface area contributed by atoms with E-state index in [1.807, 2.05) is 0 Å². The van der Waals surface area contributed by atoms with Crippen LogP contribution in [0.3, 0.4) is 0 Å². The Hall–Kier alpha value is -0.690. The van der Waals surface area contributed by atoms with Gasteiger partial charge in [-0.15, -0.1) is 0 Å². The third kappa shape index (κ3) is 3.66. The summed E-state index contributed by atoms with van der Waals surface area (Å²) in [4.78, 5) is 11.6. The number of hydrogen-bond acceptors (Lipinski definition) is 6. The number of hydrogen-bond donors (Lipinski definition) is 2. The Kier molecular flexibility index (Phi) is 5.32. The summed E-state index contributed by atoms with van der Waals surface area (Å²) in [5.41, 5.74) is -0.972. The van der Waals surface area contributed by atoms with Gasteiger partial charge in [0, 0.05) is 6.61 Å². The molecule has 1 aliphatic heterocycles. The van der Waals surface area contributed by atoms with Crippen LogP contribution in [0.5, 0.6) is 0 Å². The Morgan fingerprint density at radius 2 is 1.95 bits per heavy atom. The molecule has 1 rings (SSSR count). The third-order valence-electron chi connectivity index (χ3n) is 3.12. The zero-order chi connectivity index (χ0) is 14.8. The van der Waals surface area contributed by atoms with E-state index in [4.69, 9.17) is 14.2 Å². The predicted octanol–water partition coefficient (Wildman–Crippen LogP) is 0.447. The lowest BCUT2D eigenvalue weighted by molar-refractivity contribution is -0.324. The first kappa shape index (κ1) is 16.4. The zero-order valence-electron chi connectivity index (χ0n) is 12.1. The molecule has 1 aliphatic rings. The molecule has 0 aromatic carbocycles. The van der Waals surface area contributed by atoms with Gasteiger partial charge in [0.15, 0.2) is 12.4 Å². The summed E-state index contributed by atoms with van der Waals surface area (Å²) in [5, 5.41) is 20.1. The Labute approximate surface area is 113 Å². The van der Waals surface area contributed by atoms with Gasteiger partial charge < -0.3 is 24.4 Å². The highest BCUT2D eigenvalue weighted by molar-refractivity contribution is 5.71. The molecule has 1 heterocycles. The number of esters is 1. The zero-order valence-corrected chi connectivity index (χ0v) is 12.1. The van der Waals surface area contributed by atoms with Gasteiger partial charge in [0.25, 0.3) is 0 Å². The molecule has 1 fully saturated rings. The lowest BCUT2D eigenvalue weighted by Crippen LogP contribution is -2.63. The van der Waals surface area contributed by atoms with Crippen LogP contribution in [0.4, 0.5) is 0 Å². The minimum absolute atomic E-state index is 0.332. The molecule has 0 aromatic heterocycles. The quantitative estimate of drug-likeness (QED) is 0.725. The smallest absolute Gasteiger partial charge is 0.308 e. The van der Waals surface area contributed by atoms with Crippen LogP contribution in [-0.4, -0.2) is 53.0 Å². The maximum atomic E-state index is 11.6. The summed E-state index contributed by atoms with van der Waals surface area (Å²) in [6.45, 7) is 8.79. The fourth-order valence-electron chi connectivity index (χ4n) is 1.88. The molecule has 0 bridgehead atoms. The number of aliphatic hydroxyl groups is 2. The molecule has 19 heavy (non-hydrogen) atoms. The van der Waals surface area contributed by atoms with Crippen LogP contribution in [0.25, 0.3) is 0 Å². The second-order valence-corrected chi connectivity index (χ2v) is 5.54. The molecular weight excluding hydrogens is 252 g/mol. The average molecular weight is 276 g/mol. The van der Waals surface area contributed by atoms with Gasteiger partial charge in [-0.1, -0.05) is 13.8 Å². The van der Waals surface area contributed by atoms with Crippen LogP contribution in [0.1, 0.15) is 34.6 Å². The predicted molar refractivity (Wildman–Crippen MR) is 67.3 cm³/mol. The van der Waals surface area contributed by atoms with Gasteiger partial charge in [-0.2, -0.15) is 0 Å². The van der Waals surface area contributed by atoms with E-state index in [0.717, 1.165) is 0 Å². The van der Waals surface area contributed by atoms with E-state index in [9.17, 15) is 15.0 Å². The van der Waals surface area contributed by atoms with Gasteiger partial charge in [-0.3, -0.25) is 4.79 Å². The van der Waals surface area contributed by atoms with Gasteiger partial charge in [-0.05, 0) is 20.8 Å². The van der Waals surface area contributed by atoms with E-state index in [0.29, 0.717) is 6.61 Å². The summed E-state index contributed by atoms with van der Waals surface area (Å²) in [5.74, 6) is -0.800. The molecule has 4 atom stereocenters. The van der Waals surface area contributed by atoms with Crippen LogP contribution in [-0.2, 0) is 19.0 Å². The molecule has 0 aliphatic carbocycles. The lowest BCUT2D eigenvalue weighted by atomic mass is 9.90. The molecule has 112 valence electrons. The topological polar surface area (TPSA) is 85.2 Å². The van der Waals surface area contributed by atoms with Crippen molar-refractivity contribution in [2.45, 2.75) is 64.8 Å². The fraction of sp³-hybridized carbons (Fsp3) is 0.923. The molecule has 0 unspecified atom stereocenters. The second-order valence-electron chi connectivity index (χ2n) is 5.54. The Bertz CT molecular complexity index is 314. The average Bonchev–Trinajstić information content (AvgIpc) is 2.31. The van der Waals surface area contributed by atoms with E-state index in [-0.39, 0.29) is 5.92 Å². The lowest BCUT2D eigenvalue weighted by Gasteiger charge is -2.46. The largest absolute Gasteiger partial charge is 0.454 e. The summed E-state index contributed by atoms with van der Waals surface area (Å²) >= 11 is 0. The SMILES string of the molecule is CCO[C@@H]1OC(C)(C)[C@@H](O)[C@H](O)[C@@H]1OC(=O)C(C)C. The van der Waals surface area contributed by atoms with Crippen molar-refractivity contribution in [3.63, 3.8) is 0 Å². The Balaban J connectivity index is 2.87. The molecular formula is C13H24O6. The fourth-order valence-corrected chi connectivity index (χ4v) is 1.88. The molecule has 2 N–H and O–H groups in total. The van der Waals surface area contributed by atoms with E-state index in [2.05, 4.69) is 0 Å². The standard InChI is InChI=1S/C13H24O6/c1-6-17-12-9(18-11(16)7(2)3)8(14)10(15)13(4,5)19-12/h7-10,12,14-15H,6H2,1-5H3/t8-,9+,10+,12-/m1/s1. The highest BCUT2D eigenvalue weighted by Crippen LogP contribution is 2.31. The normalized spacial score (nSPS) is 34.3. The molecule has 0 radical (unpaired) electrons. The van der Waals surface area contributed by atoms with Crippen molar-refractivity contribution in [3.05, 3.63) is 0 Å². The van der Waals surface area contributed by atoms with Gasteiger partial charge in [-0.25, -0.2) is 0 Å². The summed E-state index contributed by atoms with van der Waals surface area (Å²) < 4.78 is 16.1. The van der Waals surface area contributed by atoms with E-state index >= 15 is 0 Å². The van der Waals surface area contributed by atoms with E-state index in [1.54, 1.807) is 34.6 Å². The van der Waals surface area contributed by atoms with Crippen molar-refractivity contribution in [2.24, 2.45) is 5.92 Å². The number of carbonyl (C=O) groups excluding carboxylic acids is 1. The first-order chi connectivity index (χ1) is 8.70. The molecule has 1 saturated heterocycles. The monoisotopic (exact) mass is 276 g/mol. The van der Waals surface area contributed by atoms with Gasteiger partial charge >= 0.3 is 5.97 Å². The maximum absolute atomic E-state index is 11.6. The first-order valence-electron chi connectivity index (χ1n) is 6.56. The van der Waals surface area contributed by atoms with Crippen LogP contribution in [0, 0.1) is 5.92 Å². The van der Waals surface area contributed by atoms with Crippen molar-refractivity contribution < 1.29 is 29.2 Å². The minimum atomic E-state index is -1.25. The third-order valence-corrected chi connectivity index (χ3v) is 3.12. The summed E-state index contributed by atoms with van der Waals surface area (Å²) in [6.07, 6.45) is -4.32. The number of rotatable bonds is 4. The summed E-state index contributed by atoms with van der Waals surface area (Å²) in [6, 6.07) is 0. The van der Waals surface area contributed by atoms with Crippen LogP contribution in [0.15, 0.2) is 0 Å². The maximum Gasteiger partial charge on any atom is 0.308 e. The van der Waals surface area contributed by atoms with Crippen molar-refractivity contribution >= 4 is 5.97 Å². The van der Waals surface area contributed by atoms with Crippen LogP contribution >= 0.6 is 0 Å². The van der Waals surface area contributed by atoms with Crippen LogP contribution in [0.2, 0.25) is 0 Å². The Morgan fingerprint density at radius 3 is 2.42 bits per heavy atom. The minimum Gasteiger partial charge on any atom is -0.454 e. The van der Waals surface area contributed by atoms with Crippen molar-refractivity contribution in [3.8, 4) is 0 Å². The first-order valence-corrected chi connectivity index (χ1v) is 6.56. The molecule has 0 aromatic rings. The summed E-state index contributed by atoms with van der Waals surface area (Å²) in [7, 11) is 0. The van der Waals surface area contributed by atoms with E-state index < -0.39 is 36.2 Å². The van der Waals surface area contributed by atoms with Crippen molar-refractivity contribution in [2.75, 3.05) is 6.61 Å². The molecule has 0 spiro atoms. The Morgan fingerprint density at radius 1 is 1.37 bits per heavy atom. The second kappa shape index (κ2) is 6.17.